The number of fused-ring (bicyclic) bond motifs is 1. The van der Waals surface area contributed by atoms with Crippen molar-refractivity contribution in [3.8, 4) is 33.6 Å². The van der Waals surface area contributed by atoms with E-state index in [-0.39, 0.29) is 11.8 Å². The summed E-state index contributed by atoms with van der Waals surface area (Å²) in [4.78, 5) is 15.6. The van der Waals surface area contributed by atoms with Gasteiger partial charge in [-0.05, 0) is 46.9 Å². The molecule has 37 heavy (non-hydrogen) atoms. The Morgan fingerprint density at radius 2 is 1.32 bits per heavy atom. The highest BCUT2D eigenvalue weighted by Crippen LogP contribution is 2.32. The number of hydrogen-bond donors (Lipinski definition) is 4. The largest absolute Gasteiger partial charge is 0.341 e. The van der Waals surface area contributed by atoms with E-state index in [0.717, 1.165) is 68.9 Å². The Morgan fingerprint density at radius 1 is 0.757 bits per heavy atom. The zero-order valence-electron chi connectivity index (χ0n) is 20.8. The fraction of sp³-hybridized carbons (Fsp3) is 0.200. The second kappa shape index (κ2) is 10.5. The zero-order chi connectivity index (χ0) is 25.9. The molecule has 0 spiro atoms. The van der Waals surface area contributed by atoms with Crippen LogP contribution in [0, 0.1) is 10.8 Å². The van der Waals surface area contributed by atoms with E-state index < -0.39 is 0 Å². The fourth-order valence-corrected chi connectivity index (χ4v) is 4.86. The van der Waals surface area contributed by atoms with Gasteiger partial charge in [0.05, 0.1) is 29.4 Å². The molecule has 0 aliphatic heterocycles. The number of nitrogens with one attached hydrogen (secondary N) is 4. The Morgan fingerprint density at radius 3 is 1.97 bits per heavy atom. The van der Waals surface area contributed by atoms with E-state index in [2.05, 4.69) is 75.4 Å². The van der Waals surface area contributed by atoms with Crippen LogP contribution in [-0.4, -0.2) is 32.4 Å². The highest BCUT2D eigenvalue weighted by Gasteiger charge is 2.16. The number of nitrogens with zero attached hydrogens (tertiary/aromatic N) is 2. The summed E-state index contributed by atoms with van der Waals surface area (Å²) in [6.07, 6.45) is 6.33. The van der Waals surface area contributed by atoms with E-state index in [1.807, 2.05) is 25.3 Å². The molecule has 3 aromatic carbocycles. The van der Waals surface area contributed by atoms with Gasteiger partial charge in [0.25, 0.3) is 0 Å². The lowest BCUT2D eigenvalue weighted by atomic mass is 9.98. The molecular formula is C30H29ClN6. The van der Waals surface area contributed by atoms with Crippen molar-refractivity contribution >= 4 is 34.8 Å². The fourth-order valence-electron chi connectivity index (χ4n) is 4.61. The van der Waals surface area contributed by atoms with Gasteiger partial charge in [-0.2, -0.15) is 0 Å². The summed E-state index contributed by atoms with van der Waals surface area (Å²) in [7, 11) is 0. The monoisotopic (exact) mass is 508 g/mol. The van der Waals surface area contributed by atoms with Crippen LogP contribution in [-0.2, 0) is 0 Å². The molecule has 0 radical (unpaired) electrons. The topological polar surface area (TPSA) is 105 Å². The Balaban J connectivity index is 1.39. The van der Waals surface area contributed by atoms with Crippen LogP contribution >= 0.6 is 11.6 Å². The number of H-pyrrole nitrogens is 2. The molecule has 2 aromatic heterocycles. The molecule has 0 bridgehead atoms. The lowest BCUT2D eigenvalue weighted by Crippen LogP contribution is -2.00. The van der Waals surface area contributed by atoms with Gasteiger partial charge >= 0.3 is 0 Å². The van der Waals surface area contributed by atoms with Crippen LogP contribution in [0.1, 0.15) is 50.2 Å². The lowest BCUT2D eigenvalue weighted by molar-refractivity contribution is 0.798. The summed E-state index contributed by atoms with van der Waals surface area (Å²) in [6, 6.07) is 21.2. The number of hydrogen-bond acceptors (Lipinski definition) is 4. The Kier molecular flexibility index (Phi) is 7.01. The van der Waals surface area contributed by atoms with Gasteiger partial charge in [-0.1, -0.05) is 74.0 Å². The number of halogens is 1. The van der Waals surface area contributed by atoms with E-state index in [0.29, 0.717) is 5.15 Å². The molecule has 7 heteroatoms. The zero-order valence-corrected chi connectivity index (χ0v) is 21.6. The smallest absolute Gasteiger partial charge is 0.155 e. The second-order valence-corrected chi connectivity index (χ2v) is 9.54. The first-order valence-corrected chi connectivity index (χ1v) is 12.9. The minimum atomic E-state index is -0.0611. The van der Waals surface area contributed by atoms with Crippen LogP contribution in [0.4, 0.5) is 0 Å². The quantitative estimate of drug-likeness (QED) is 0.150. The van der Waals surface area contributed by atoms with Gasteiger partial charge in [0.15, 0.2) is 5.15 Å². The van der Waals surface area contributed by atoms with Crippen molar-refractivity contribution in [2.75, 3.05) is 0 Å². The highest BCUT2D eigenvalue weighted by molar-refractivity contribution is 6.32. The van der Waals surface area contributed by atoms with Crippen LogP contribution in [0.3, 0.4) is 0 Å². The minimum Gasteiger partial charge on any atom is -0.341 e. The summed E-state index contributed by atoms with van der Waals surface area (Å²) < 4.78 is 0. The second-order valence-electron chi connectivity index (χ2n) is 9.19. The third-order valence-corrected chi connectivity index (χ3v) is 7.19. The van der Waals surface area contributed by atoms with Crippen LogP contribution < -0.4 is 0 Å². The number of benzene rings is 3. The number of imidazole rings is 2. The molecule has 0 fully saturated rings. The number of rotatable bonds is 9. The summed E-state index contributed by atoms with van der Waals surface area (Å²) >= 11 is 6.41. The molecule has 5 rings (SSSR count). The van der Waals surface area contributed by atoms with Gasteiger partial charge < -0.3 is 20.8 Å². The van der Waals surface area contributed by atoms with Crippen LogP contribution in [0.25, 0.3) is 44.4 Å². The van der Waals surface area contributed by atoms with E-state index >= 15 is 0 Å². The number of aromatic nitrogens is 4. The summed E-state index contributed by atoms with van der Waals surface area (Å²) in [6.45, 7) is 4.09. The average molecular weight is 509 g/mol. The van der Waals surface area contributed by atoms with Crippen molar-refractivity contribution in [1.29, 1.82) is 10.8 Å². The lowest BCUT2D eigenvalue weighted by Gasteiger charge is -2.08. The minimum absolute atomic E-state index is 0.0181. The van der Waals surface area contributed by atoms with Crippen molar-refractivity contribution in [3.63, 3.8) is 0 Å². The third-order valence-electron chi connectivity index (χ3n) is 6.92. The van der Waals surface area contributed by atoms with Gasteiger partial charge in [-0.15, -0.1) is 0 Å². The maximum Gasteiger partial charge on any atom is 0.155 e. The Hall–Kier alpha value is -4.03. The third kappa shape index (κ3) is 4.85. The first-order valence-electron chi connectivity index (χ1n) is 12.5. The molecule has 2 heterocycles. The van der Waals surface area contributed by atoms with Crippen molar-refractivity contribution in [2.45, 2.75) is 38.5 Å². The van der Waals surface area contributed by atoms with E-state index in [4.69, 9.17) is 22.4 Å². The molecule has 0 amide bonds. The SMILES string of the molecule is CC[C@@H](C=N)c1ncc(-c2ccc3cc(-c4ccc(-c5[nH]c([C@H](C=N)CC)nc5Cl)cc4)ccc3c2)[nH]1. The maximum atomic E-state index is 7.61. The molecule has 0 aliphatic rings. The maximum absolute atomic E-state index is 7.61. The van der Waals surface area contributed by atoms with E-state index in [1.165, 1.54) is 12.4 Å². The van der Waals surface area contributed by atoms with Crippen molar-refractivity contribution in [1.82, 2.24) is 19.9 Å². The first kappa shape index (κ1) is 24.7. The molecule has 2 atom stereocenters. The summed E-state index contributed by atoms with van der Waals surface area (Å²) in [5.74, 6) is 1.51. The van der Waals surface area contributed by atoms with Crippen molar-refractivity contribution < 1.29 is 0 Å². The summed E-state index contributed by atoms with van der Waals surface area (Å²) in [5, 5.41) is 18.0. The Labute approximate surface area is 221 Å². The van der Waals surface area contributed by atoms with E-state index in [9.17, 15) is 0 Å². The van der Waals surface area contributed by atoms with Crippen LogP contribution in [0.5, 0.6) is 0 Å². The van der Waals surface area contributed by atoms with Gasteiger partial charge in [0.1, 0.15) is 11.6 Å². The normalized spacial score (nSPS) is 12.9. The van der Waals surface area contributed by atoms with Gasteiger partial charge in [-0.25, -0.2) is 9.97 Å². The average Bonchev–Trinajstić information content (AvgIpc) is 3.57. The van der Waals surface area contributed by atoms with E-state index in [1.54, 1.807) is 0 Å². The molecular weight excluding hydrogens is 480 g/mol. The first-order chi connectivity index (χ1) is 18.0. The predicted molar refractivity (Wildman–Crippen MR) is 153 cm³/mol. The molecule has 0 aliphatic carbocycles. The molecule has 0 saturated carbocycles. The van der Waals surface area contributed by atoms with Crippen molar-refractivity contribution in [3.05, 3.63) is 83.7 Å². The standard InChI is InChI=1S/C30H29ClN6/c1-3-18(15-32)29-34-17-26(35-29)25-12-11-23-13-22(9-10-24(23)14-25)20-5-7-21(8-6-20)27-28(31)37-30(36-27)19(4-2)16-33/h5-19,32-33H,3-4H2,1-2H3,(H,34,35)(H,36,37)/t18-,19-/m0/s1. The number of aromatic amines is 2. The molecule has 0 saturated heterocycles. The summed E-state index contributed by atoms with van der Waals surface area (Å²) in [5.41, 5.74) is 6.04. The van der Waals surface area contributed by atoms with Crippen molar-refractivity contribution in [2.24, 2.45) is 0 Å². The molecule has 4 N–H and O–H groups in total. The predicted octanol–water partition coefficient (Wildman–Crippen LogP) is 8.23. The van der Waals surface area contributed by atoms with Gasteiger partial charge in [0, 0.05) is 23.6 Å². The molecule has 6 nitrogen and oxygen atoms in total. The molecule has 186 valence electrons. The molecule has 0 unspecified atom stereocenters. The Bertz CT molecular complexity index is 1560. The van der Waals surface area contributed by atoms with Crippen LogP contribution in [0.15, 0.2) is 66.9 Å². The van der Waals surface area contributed by atoms with Gasteiger partial charge in [0.2, 0.25) is 0 Å². The molecule has 5 aromatic rings. The van der Waals surface area contributed by atoms with Crippen LogP contribution in [0.2, 0.25) is 5.15 Å². The highest BCUT2D eigenvalue weighted by atomic mass is 35.5. The van der Waals surface area contributed by atoms with Gasteiger partial charge in [-0.3, -0.25) is 0 Å².